The van der Waals surface area contributed by atoms with Gasteiger partial charge in [-0.25, -0.2) is 18.1 Å². The van der Waals surface area contributed by atoms with Gasteiger partial charge in [0.1, 0.15) is 5.69 Å². The van der Waals surface area contributed by atoms with Crippen LogP contribution in [-0.2, 0) is 14.8 Å². The predicted molar refractivity (Wildman–Crippen MR) is 135 cm³/mol. The topological polar surface area (TPSA) is 106 Å². The van der Waals surface area contributed by atoms with Crippen molar-refractivity contribution in [3.63, 3.8) is 0 Å². The summed E-state index contributed by atoms with van der Waals surface area (Å²) in [6.07, 6.45) is 5.84. The van der Waals surface area contributed by atoms with E-state index in [1.807, 2.05) is 38.1 Å². The standard InChI is InChI=1S/C25H31N5O4S/c1-15-5-8-23(27-13-15)30-24(25(31)26-3)20-11-19(17-6-7-17)22(12-21(20)28-30)29(35(4,32)33)10-9-18-14-34-16(18)2/h5,8,11-13,16-18H,6-7,9-10,14H2,1-4H3,(H,26,31). The zero-order valence-electron chi connectivity index (χ0n) is 20.5. The van der Waals surface area contributed by atoms with Crippen molar-refractivity contribution in [2.75, 3.05) is 30.8 Å². The molecule has 1 saturated carbocycles. The van der Waals surface area contributed by atoms with Gasteiger partial charge in [0.15, 0.2) is 5.82 Å². The number of amides is 1. The van der Waals surface area contributed by atoms with Gasteiger partial charge < -0.3 is 10.1 Å². The number of nitrogens with one attached hydrogen (secondary N) is 1. The summed E-state index contributed by atoms with van der Waals surface area (Å²) in [5, 5.41) is 8.11. The van der Waals surface area contributed by atoms with E-state index in [0.29, 0.717) is 47.2 Å². The molecule has 1 aliphatic carbocycles. The Hall–Kier alpha value is -2.98. The summed E-state index contributed by atoms with van der Waals surface area (Å²) in [7, 11) is -1.94. The van der Waals surface area contributed by atoms with E-state index >= 15 is 0 Å². The minimum Gasteiger partial charge on any atom is -0.378 e. The summed E-state index contributed by atoms with van der Waals surface area (Å²) < 4.78 is 34.4. The molecule has 5 rings (SSSR count). The van der Waals surface area contributed by atoms with Crippen molar-refractivity contribution in [1.82, 2.24) is 20.1 Å². The van der Waals surface area contributed by atoms with Crippen LogP contribution in [0.2, 0.25) is 0 Å². The lowest BCUT2D eigenvalue weighted by atomic mass is 9.95. The molecule has 2 fully saturated rings. The van der Waals surface area contributed by atoms with Gasteiger partial charge in [-0.15, -0.1) is 0 Å². The summed E-state index contributed by atoms with van der Waals surface area (Å²) in [6.45, 7) is 5.01. The van der Waals surface area contributed by atoms with Crippen LogP contribution in [0.15, 0.2) is 30.5 Å². The van der Waals surface area contributed by atoms with E-state index in [2.05, 4.69) is 10.3 Å². The second-order valence-corrected chi connectivity index (χ2v) is 11.6. The quantitative estimate of drug-likeness (QED) is 0.512. The van der Waals surface area contributed by atoms with E-state index in [1.165, 1.54) is 10.6 Å². The zero-order valence-corrected chi connectivity index (χ0v) is 21.3. The largest absolute Gasteiger partial charge is 0.378 e. The highest BCUT2D eigenvalue weighted by Crippen LogP contribution is 2.47. The number of pyridine rings is 1. The smallest absolute Gasteiger partial charge is 0.270 e. The number of sulfonamides is 1. The molecule has 3 aromatic rings. The van der Waals surface area contributed by atoms with Crippen LogP contribution in [0.1, 0.15) is 53.7 Å². The maximum Gasteiger partial charge on any atom is 0.270 e. The van der Waals surface area contributed by atoms with Crippen LogP contribution >= 0.6 is 0 Å². The van der Waals surface area contributed by atoms with Crippen LogP contribution in [-0.4, -0.2) is 61.6 Å². The Bertz CT molecular complexity index is 1380. The van der Waals surface area contributed by atoms with Gasteiger partial charge in [-0.3, -0.25) is 9.10 Å². The molecule has 1 amide bonds. The minimum absolute atomic E-state index is 0.148. The average Bonchev–Trinajstić information content (AvgIpc) is 3.59. The Kier molecular flexibility index (Phi) is 6.04. The normalized spacial score (nSPS) is 20.0. The number of aromatic nitrogens is 3. The highest BCUT2D eigenvalue weighted by Gasteiger charge is 2.34. The number of fused-ring (bicyclic) bond motifs is 1. The SMILES string of the molecule is CNC(=O)c1c2cc(C3CC3)c(N(CCC3COC3C)S(C)(=O)=O)cc2nn1-c1ccc(C)cn1. The van der Waals surface area contributed by atoms with Gasteiger partial charge in [0.2, 0.25) is 10.0 Å². The molecule has 0 bridgehead atoms. The Balaban J connectivity index is 1.66. The minimum atomic E-state index is -3.53. The summed E-state index contributed by atoms with van der Waals surface area (Å²) >= 11 is 0. The Morgan fingerprint density at radius 2 is 2.06 bits per heavy atom. The predicted octanol–water partition coefficient (Wildman–Crippen LogP) is 3.16. The number of aryl methyl sites for hydroxylation is 1. The van der Waals surface area contributed by atoms with E-state index in [4.69, 9.17) is 9.84 Å². The summed E-state index contributed by atoms with van der Waals surface area (Å²) in [5.74, 6) is 0.865. The molecule has 10 heteroatoms. The first-order chi connectivity index (χ1) is 16.7. The first kappa shape index (κ1) is 23.7. The lowest BCUT2D eigenvalue weighted by Crippen LogP contribution is -2.41. The number of rotatable bonds is 8. The first-order valence-electron chi connectivity index (χ1n) is 12.0. The highest BCUT2D eigenvalue weighted by atomic mass is 32.2. The van der Waals surface area contributed by atoms with Crippen molar-refractivity contribution in [2.24, 2.45) is 5.92 Å². The lowest BCUT2D eigenvalue weighted by Gasteiger charge is -2.36. The van der Waals surface area contributed by atoms with E-state index in [0.717, 1.165) is 30.4 Å². The molecule has 2 aliphatic rings. The molecule has 1 aliphatic heterocycles. The van der Waals surface area contributed by atoms with Crippen molar-refractivity contribution in [3.8, 4) is 5.82 Å². The van der Waals surface area contributed by atoms with E-state index in [9.17, 15) is 13.2 Å². The van der Waals surface area contributed by atoms with Crippen LogP contribution < -0.4 is 9.62 Å². The number of hydrogen-bond acceptors (Lipinski definition) is 6. The van der Waals surface area contributed by atoms with Crippen molar-refractivity contribution in [3.05, 3.63) is 47.3 Å². The second-order valence-electron chi connectivity index (χ2n) is 9.66. The number of carbonyl (C=O) groups excluding carboxylic acids is 1. The highest BCUT2D eigenvalue weighted by molar-refractivity contribution is 7.92. The van der Waals surface area contributed by atoms with Gasteiger partial charge in [0, 0.05) is 31.1 Å². The molecule has 35 heavy (non-hydrogen) atoms. The molecule has 1 aromatic carbocycles. The van der Waals surface area contributed by atoms with Crippen molar-refractivity contribution < 1.29 is 17.9 Å². The first-order valence-corrected chi connectivity index (χ1v) is 13.8. The summed E-state index contributed by atoms with van der Waals surface area (Å²) in [4.78, 5) is 17.4. The molecule has 3 heterocycles. The Morgan fingerprint density at radius 1 is 1.29 bits per heavy atom. The maximum absolute atomic E-state index is 13.0. The van der Waals surface area contributed by atoms with Gasteiger partial charge >= 0.3 is 0 Å². The number of benzene rings is 1. The summed E-state index contributed by atoms with van der Waals surface area (Å²) in [5.41, 5.74) is 3.54. The molecule has 0 spiro atoms. The van der Waals surface area contributed by atoms with E-state index in [1.54, 1.807) is 17.9 Å². The second kappa shape index (κ2) is 8.91. The van der Waals surface area contributed by atoms with Gasteiger partial charge in [-0.1, -0.05) is 6.07 Å². The molecular formula is C25H31N5O4S. The molecule has 2 atom stereocenters. The van der Waals surface area contributed by atoms with Crippen LogP contribution in [0, 0.1) is 12.8 Å². The number of carbonyl (C=O) groups is 1. The third kappa shape index (κ3) is 4.52. The number of anilines is 1. The average molecular weight is 498 g/mol. The van der Waals surface area contributed by atoms with Crippen LogP contribution in [0.25, 0.3) is 16.7 Å². The van der Waals surface area contributed by atoms with Crippen molar-refractivity contribution in [2.45, 2.75) is 45.1 Å². The van der Waals surface area contributed by atoms with Crippen molar-refractivity contribution in [1.29, 1.82) is 0 Å². The number of nitrogens with zero attached hydrogens (tertiary/aromatic N) is 4. The summed E-state index contributed by atoms with van der Waals surface area (Å²) in [6, 6.07) is 7.51. The Labute approximate surface area is 205 Å². The van der Waals surface area contributed by atoms with Crippen LogP contribution in [0.3, 0.4) is 0 Å². The molecule has 2 unspecified atom stereocenters. The van der Waals surface area contributed by atoms with Gasteiger partial charge in [0.25, 0.3) is 5.91 Å². The monoisotopic (exact) mass is 497 g/mol. The molecule has 1 saturated heterocycles. The van der Waals surface area contributed by atoms with E-state index < -0.39 is 10.0 Å². The van der Waals surface area contributed by atoms with Gasteiger partial charge in [-0.05, 0) is 68.4 Å². The number of hydrogen-bond donors (Lipinski definition) is 1. The number of ether oxygens (including phenoxy) is 1. The molecule has 9 nitrogen and oxygen atoms in total. The zero-order chi connectivity index (χ0) is 24.9. The fourth-order valence-corrected chi connectivity index (χ4v) is 5.61. The third-order valence-electron chi connectivity index (χ3n) is 7.00. The lowest BCUT2D eigenvalue weighted by molar-refractivity contribution is -0.104. The van der Waals surface area contributed by atoms with Crippen LogP contribution in [0.5, 0.6) is 0 Å². The molecule has 0 radical (unpaired) electrons. The molecule has 186 valence electrons. The molecule has 2 aromatic heterocycles. The molecule has 1 N–H and O–H groups in total. The van der Waals surface area contributed by atoms with E-state index in [-0.39, 0.29) is 17.9 Å². The fraction of sp³-hybridized carbons (Fsp3) is 0.480. The van der Waals surface area contributed by atoms with Gasteiger partial charge in [-0.2, -0.15) is 5.10 Å². The van der Waals surface area contributed by atoms with Crippen molar-refractivity contribution >= 4 is 32.5 Å². The Morgan fingerprint density at radius 3 is 2.60 bits per heavy atom. The molecular weight excluding hydrogens is 466 g/mol. The van der Waals surface area contributed by atoms with Gasteiger partial charge in [0.05, 0.1) is 30.2 Å². The van der Waals surface area contributed by atoms with Crippen LogP contribution in [0.4, 0.5) is 5.69 Å². The maximum atomic E-state index is 13.0. The third-order valence-corrected chi connectivity index (χ3v) is 8.18. The fourth-order valence-electron chi connectivity index (χ4n) is 4.65.